The molecule has 0 spiro atoms. The second-order valence-electron chi connectivity index (χ2n) is 4.10. The molecule has 7 heteroatoms. The van der Waals surface area contributed by atoms with Gasteiger partial charge in [-0.2, -0.15) is 0 Å². The number of hydrazine groups is 1. The van der Waals surface area contributed by atoms with Gasteiger partial charge in [0.2, 0.25) is 11.8 Å². The molecule has 0 radical (unpaired) electrons. The maximum atomic E-state index is 11.6. The van der Waals surface area contributed by atoms with Crippen molar-refractivity contribution in [2.45, 2.75) is 12.8 Å². The lowest BCUT2D eigenvalue weighted by Gasteiger charge is -2.14. The van der Waals surface area contributed by atoms with Crippen molar-refractivity contribution in [1.29, 1.82) is 0 Å². The van der Waals surface area contributed by atoms with Crippen LogP contribution in [0.4, 0.5) is 4.79 Å². The molecule has 0 aliphatic carbocycles. The van der Waals surface area contributed by atoms with E-state index in [1.165, 1.54) is 0 Å². The Morgan fingerprint density at radius 2 is 2.21 bits per heavy atom. The number of urea groups is 1. The standard InChI is InChI=1S/C12H12ClN3O3/c13-9-3-1-2-8(6-9)4-5-10(17)15-16-7-11(18)14-12(16)19/h1-3,6H,4-5,7H2,(H,15,17)(H,14,18,19). The van der Waals surface area contributed by atoms with Gasteiger partial charge >= 0.3 is 6.03 Å². The molecule has 0 unspecified atom stereocenters. The van der Waals surface area contributed by atoms with Crippen LogP contribution in [-0.4, -0.2) is 29.4 Å². The first kappa shape index (κ1) is 13.4. The average molecular weight is 282 g/mol. The van der Waals surface area contributed by atoms with E-state index < -0.39 is 11.9 Å². The van der Waals surface area contributed by atoms with Crippen molar-refractivity contribution in [2.24, 2.45) is 0 Å². The number of halogens is 1. The lowest BCUT2D eigenvalue weighted by atomic mass is 10.1. The van der Waals surface area contributed by atoms with Crippen LogP contribution in [0.1, 0.15) is 12.0 Å². The zero-order valence-corrected chi connectivity index (χ0v) is 10.7. The van der Waals surface area contributed by atoms with Crippen LogP contribution >= 0.6 is 11.6 Å². The Morgan fingerprint density at radius 3 is 2.84 bits per heavy atom. The van der Waals surface area contributed by atoms with E-state index in [0.717, 1.165) is 10.6 Å². The number of nitrogens with zero attached hydrogens (tertiary/aromatic N) is 1. The molecule has 1 fully saturated rings. The number of aryl methyl sites for hydroxylation is 1. The van der Waals surface area contributed by atoms with E-state index in [4.69, 9.17) is 11.6 Å². The molecule has 2 N–H and O–H groups in total. The van der Waals surface area contributed by atoms with Crippen LogP contribution in [0.3, 0.4) is 0 Å². The molecule has 1 aromatic rings. The lowest BCUT2D eigenvalue weighted by molar-refractivity contribution is -0.125. The topological polar surface area (TPSA) is 78.5 Å². The summed E-state index contributed by atoms with van der Waals surface area (Å²) in [7, 11) is 0. The van der Waals surface area contributed by atoms with Crippen molar-refractivity contribution in [1.82, 2.24) is 15.8 Å². The van der Waals surface area contributed by atoms with E-state index in [9.17, 15) is 14.4 Å². The Morgan fingerprint density at radius 1 is 1.42 bits per heavy atom. The predicted molar refractivity (Wildman–Crippen MR) is 68.2 cm³/mol. The quantitative estimate of drug-likeness (QED) is 0.803. The first-order chi connectivity index (χ1) is 9.04. The van der Waals surface area contributed by atoms with Crippen molar-refractivity contribution in [2.75, 3.05) is 6.54 Å². The highest BCUT2D eigenvalue weighted by Crippen LogP contribution is 2.12. The molecule has 6 nitrogen and oxygen atoms in total. The van der Waals surface area contributed by atoms with E-state index >= 15 is 0 Å². The number of imide groups is 1. The van der Waals surface area contributed by atoms with E-state index in [1.807, 2.05) is 12.1 Å². The molecule has 2 rings (SSSR count). The summed E-state index contributed by atoms with van der Waals surface area (Å²) in [5.74, 6) is -0.759. The van der Waals surface area contributed by atoms with Crippen LogP contribution in [0.15, 0.2) is 24.3 Å². The SMILES string of the molecule is O=C1CN(NC(=O)CCc2cccc(Cl)c2)C(=O)N1. The van der Waals surface area contributed by atoms with Crippen LogP contribution in [-0.2, 0) is 16.0 Å². The molecule has 0 bridgehead atoms. The molecule has 0 saturated carbocycles. The summed E-state index contributed by atoms with van der Waals surface area (Å²) in [6.07, 6.45) is 0.716. The van der Waals surface area contributed by atoms with Gasteiger partial charge in [-0.25, -0.2) is 9.80 Å². The highest BCUT2D eigenvalue weighted by Gasteiger charge is 2.27. The van der Waals surface area contributed by atoms with Gasteiger partial charge < -0.3 is 0 Å². The van der Waals surface area contributed by atoms with Gasteiger partial charge in [-0.15, -0.1) is 0 Å². The molecule has 1 aliphatic rings. The first-order valence-corrected chi connectivity index (χ1v) is 6.07. The van der Waals surface area contributed by atoms with Crippen LogP contribution < -0.4 is 10.7 Å². The normalized spacial score (nSPS) is 14.5. The van der Waals surface area contributed by atoms with Crippen LogP contribution in [0.2, 0.25) is 5.02 Å². The fourth-order valence-corrected chi connectivity index (χ4v) is 1.90. The Balaban J connectivity index is 1.82. The van der Waals surface area contributed by atoms with Gasteiger partial charge in [0.15, 0.2) is 0 Å². The largest absolute Gasteiger partial charge is 0.343 e. The number of rotatable bonds is 4. The van der Waals surface area contributed by atoms with Gasteiger partial charge in [0.1, 0.15) is 6.54 Å². The Labute approximate surface area is 114 Å². The smallest absolute Gasteiger partial charge is 0.275 e. The van der Waals surface area contributed by atoms with Crippen LogP contribution in [0.5, 0.6) is 0 Å². The van der Waals surface area contributed by atoms with Gasteiger partial charge in [0.05, 0.1) is 0 Å². The Kier molecular flexibility index (Phi) is 4.01. The minimum Gasteiger partial charge on any atom is -0.275 e. The maximum absolute atomic E-state index is 11.6. The third kappa shape index (κ3) is 3.69. The van der Waals surface area contributed by atoms with Gasteiger partial charge in [0.25, 0.3) is 0 Å². The van der Waals surface area contributed by atoms with Gasteiger partial charge in [-0.05, 0) is 24.1 Å². The second-order valence-corrected chi connectivity index (χ2v) is 4.54. The summed E-state index contributed by atoms with van der Waals surface area (Å²) < 4.78 is 0. The third-order valence-corrected chi connectivity index (χ3v) is 2.82. The summed E-state index contributed by atoms with van der Waals surface area (Å²) in [6, 6.07) is 6.60. The molecule has 19 heavy (non-hydrogen) atoms. The third-order valence-electron chi connectivity index (χ3n) is 2.58. The van der Waals surface area contributed by atoms with Gasteiger partial charge in [-0.1, -0.05) is 23.7 Å². The predicted octanol–water partition coefficient (Wildman–Crippen LogP) is 0.856. The Hall–Kier alpha value is -2.08. The number of nitrogens with one attached hydrogen (secondary N) is 2. The molecule has 1 aliphatic heterocycles. The zero-order valence-electron chi connectivity index (χ0n) is 9.98. The van der Waals surface area contributed by atoms with Gasteiger partial charge in [0, 0.05) is 11.4 Å². The molecular weight excluding hydrogens is 270 g/mol. The summed E-state index contributed by atoms with van der Waals surface area (Å²) >= 11 is 5.83. The Bertz CT molecular complexity index is 533. The number of carbonyl (C=O) groups excluding carboxylic acids is 3. The highest BCUT2D eigenvalue weighted by atomic mass is 35.5. The van der Waals surface area contributed by atoms with Crippen LogP contribution in [0, 0.1) is 0 Å². The fourth-order valence-electron chi connectivity index (χ4n) is 1.69. The number of benzene rings is 1. The number of amides is 4. The number of hydrogen-bond donors (Lipinski definition) is 2. The molecule has 100 valence electrons. The molecular formula is C12H12ClN3O3. The monoisotopic (exact) mass is 281 g/mol. The molecule has 0 atom stereocenters. The summed E-state index contributed by atoms with van der Waals surface area (Å²) in [4.78, 5) is 33.8. The maximum Gasteiger partial charge on any atom is 0.343 e. The van der Waals surface area contributed by atoms with Crippen molar-refractivity contribution in [3.8, 4) is 0 Å². The van der Waals surface area contributed by atoms with Crippen LogP contribution in [0.25, 0.3) is 0 Å². The molecule has 1 heterocycles. The highest BCUT2D eigenvalue weighted by molar-refractivity contribution is 6.30. The van der Waals surface area contributed by atoms with Gasteiger partial charge in [-0.3, -0.25) is 20.3 Å². The lowest BCUT2D eigenvalue weighted by Crippen LogP contribution is -2.44. The average Bonchev–Trinajstić information content (AvgIpc) is 2.65. The van der Waals surface area contributed by atoms with Crippen molar-refractivity contribution < 1.29 is 14.4 Å². The summed E-state index contributed by atoms with van der Waals surface area (Å²) in [5, 5.41) is 3.64. The van der Waals surface area contributed by atoms with E-state index in [-0.39, 0.29) is 18.9 Å². The molecule has 4 amide bonds. The zero-order chi connectivity index (χ0) is 13.8. The molecule has 0 aromatic heterocycles. The second kappa shape index (κ2) is 5.71. The minimum atomic E-state index is -0.610. The van der Waals surface area contributed by atoms with E-state index in [2.05, 4.69) is 10.7 Å². The van der Waals surface area contributed by atoms with Crippen molar-refractivity contribution in [3.63, 3.8) is 0 Å². The summed E-state index contributed by atoms with van der Waals surface area (Å²) in [6.45, 7) is -0.151. The number of carbonyl (C=O) groups is 3. The molecule has 1 aromatic carbocycles. The van der Waals surface area contributed by atoms with E-state index in [1.54, 1.807) is 12.1 Å². The van der Waals surface area contributed by atoms with Crippen molar-refractivity contribution in [3.05, 3.63) is 34.9 Å². The van der Waals surface area contributed by atoms with E-state index in [0.29, 0.717) is 11.4 Å². The summed E-state index contributed by atoms with van der Waals surface area (Å²) in [5.41, 5.74) is 3.31. The van der Waals surface area contributed by atoms with Crippen molar-refractivity contribution >= 4 is 29.4 Å². The fraction of sp³-hybridized carbons (Fsp3) is 0.250. The number of hydrogen-bond acceptors (Lipinski definition) is 3. The molecule has 1 saturated heterocycles. The first-order valence-electron chi connectivity index (χ1n) is 5.70. The minimum absolute atomic E-state index is 0.151.